The average molecular weight is 612 g/mol. The van der Waals surface area contributed by atoms with Gasteiger partial charge in [-0.15, -0.1) is 22.9 Å². The number of fused-ring (bicyclic) bond motifs is 2. The Labute approximate surface area is 261 Å². The largest absolute Gasteiger partial charge is 0.454 e. The topological polar surface area (TPSA) is 54.9 Å². The number of thiazole rings is 1. The van der Waals surface area contributed by atoms with Crippen molar-refractivity contribution in [3.05, 3.63) is 102 Å². The van der Waals surface area contributed by atoms with Crippen LogP contribution < -0.4 is 19.3 Å². The van der Waals surface area contributed by atoms with E-state index < -0.39 is 0 Å². The van der Waals surface area contributed by atoms with Crippen LogP contribution in [0, 0.1) is 6.92 Å². The van der Waals surface area contributed by atoms with Crippen LogP contribution in [0.2, 0.25) is 0 Å². The van der Waals surface area contributed by atoms with Crippen LogP contribution in [0.1, 0.15) is 29.5 Å². The lowest BCUT2D eigenvalue weighted by Crippen LogP contribution is -2.31. The van der Waals surface area contributed by atoms with Crippen LogP contribution in [0.25, 0.3) is 20.8 Å². The number of halogens is 1. The summed E-state index contributed by atoms with van der Waals surface area (Å²) in [6.07, 6.45) is 3.03. The highest BCUT2D eigenvalue weighted by atomic mass is 35.5. The van der Waals surface area contributed by atoms with Gasteiger partial charge in [-0.1, -0.05) is 30.3 Å². The van der Waals surface area contributed by atoms with Crippen molar-refractivity contribution in [1.82, 2.24) is 4.98 Å². The monoisotopic (exact) mass is 611 g/mol. The number of alkyl halides is 1. The Bertz CT molecular complexity index is 1740. The van der Waals surface area contributed by atoms with Crippen molar-refractivity contribution in [1.29, 1.82) is 0 Å². The number of ether oxygens (including phenoxy) is 2. The molecule has 0 N–H and O–H groups in total. The first kappa shape index (κ1) is 29.0. The summed E-state index contributed by atoms with van der Waals surface area (Å²) < 4.78 is 12.2. The van der Waals surface area contributed by atoms with Crippen molar-refractivity contribution in [3.63, 3.8) is 0 Å². The van der Waals surface area contributed by atoms with Crippen molar-refractivity contribution in [2.45, 2.75) is 32.7 Å². The first-order valence-electron chi connectivity index (χ1n) is 14.5. The summed E-state index contributed by atoms with van der Waals surface area (Å²) in [5.41, 5.74) is 7.76. The van der Waals surface area contributed by atoms with Crippen molar-refractivity contribution in [2.75, 3.05) is 36.1 Å². The minimum Gasteiger partial charge on any atom is -0.454 e. The second kappa shape index (κ2) is 13.1. The fourth-order valence-electron chi connectivity index (χ4n) is 5.38. The molecule has 0 bridgehead atoms. The standard InChI is InChI=1S/C35H34ClN3O3S/c1-24-10-16-30-33(19-24)43-35(37-30)26-11-13-28(14-12-26)38(2)18-6-5-8-25-7-3-4-9-27(25)22-39(34(40)21-36)29-15-17-31-32(20-29)42-23-41-31/h3-4,7,9-17,19-20H,5-6,8,18,21-23H2,1-2H3. The molecule has 5 aromatic rings. The van der Waals surface area contributed by atoms with Crippen LogP contribution >= 0.6 is 22.9 Å². The summed E-state index contributed by atoms with van der Waals surface area (Å²) in [6, 6.07) is 29.0. The lowest BCUT2D eigenvalue weighted by atomic mass is 10.0. The van der Waals surface area contributed by atoms with Crippen LogP contribution in [-0.2, 0) is 17.8 Å². The summed E-state index contributed by atoms with van der Waals surface area (Å²) in [5.74, 6) is 1.08. The summed E-state index contributed by atoms with van der Waals surface area (Å²) in [5, 5.41) is 1.05. The molecule has 0 spiro atoms. The van der Waals surface area contributed by atoms with Crippen LogP contribution in [-0.4, -0.2) is 37.2 Å². The van der Waals surface area contributed by atoms with E-state index >= 15 is 0 Å². The molecule has 43 heavy (non-hydrogen) atoms. The van der Waals surface area contributed by atoms with E-state index in [1.807, 2.05) is 24.3 Å². The Hall–Kier alpha value is -4.07. The van der Waals surface area contributed by atoms with E-state index in [2.05, 4.69) is 79.5 Å². The summed E-state index contributed by atoms with van der Waals surface area (Å²) in [7, 11) is 2.14. The molecule has 8 heteroatoms. The molecule has 1 aliphatic rings. The van der Waals surface area contributed by atoms with Gasteiger partial charge in [-0.25, -0.2) is 4.98 Å². The predicted octanol–water partition coefficient (Wildman–Crippen LogP) is 8.23. The molecule has 4 aromatic carbocycles. The minimum absolute atomic E-state index is 0.0930. The lowest BCUT2D eigenvalue weighted by molar-refractivity contribution is -0.116. The molecule has 6 rings (SSSR count). The fraction of sp³-hybridized carbons (Fsp3) is 0.257. The Morgan fingerprint density at radius 1 is 0.907 bits per heavy atom. The highest BCUT2D eigenvalue weighted by molar-refractivity contribution is 7.21. The van der Waals surface area contributed by atoms with Crippen LogP contribution in [0.15, 0.2) is 84.9 Å². The number of hydrogen-bond acceptors (Lipinski definition) is 6. The summed E-state index contributed by atoms with van der Waals surface area (Å²) in [4.78, 5) is 21.7. The number of aryl methyl sites for hydroxylation is 2. The molecule has 2 heterocycles. The minimum atomic E-state index is -0.152. The number of aromatic nitrogens is 1. The first-order valence-corrected chi connectivity index (χ1v) is 15.8. The summed E-state index contributed by atoms with van der Waals surface area (Å²) in [6.45, 7) is 3.71. The zero-order valence-electron chi connectivity index (χ0n) is 24.4. The van der Waals surface area contributed by atoms with E-state index in [-0.39, 0.29) is 18.6 Å². The van der Waals surface area contributed by atoms with E-state index in [1.54, 1.807) is 16.2 Å². The molecule has 0 radical (unpaired) electrons. The molecule has 1 amide bonds. The number of rotatable bonds is 11. The highest BCUT2D eigenvalue weighted by Crippen LogP contribution is 2.36. The Kier molecular flexibility index (Phi) is 8.82. The van der Waals surface area contributed by atoms with E-state index in [1.165, 1.54) is 21.5 Å². The summed E-state index contributed by atoms with van der Waals surface area (Å²) >= 11 is 7.75. The normalized spacial score (nSPS) is 12.1. The maximum absolute atomic E-state index is 12.9. The first-order chi connectivity index (χ1) is 21.0. The smallest absolute Gasteiger partial charge is 0.242 e. The second-order valence-electron chi connectivity index (χ2n) is 10.8. The van der Waals surface area contributed by atoms with Crippen molar-refractivity contribution in [3.8, 4) is 22.1 Å². The van der Waals surface area contributed by atoms with Crippen molar-refractivity contribution >= 4 is 50.4 Å². The molecule has 1 aromatic heterocycles. The van der Waals surface area contributed by atoms with Crippen LogP contribution in [0.3, 0.4) is 0 Å². The number of anilines is 2. The van der Waals surface area contributed by atoms with Crippen molar-refractivity contribution in [2.24, 2.45) is 0 Å². The second-order valence-corrected chi connectivity index (χ2v) is 12.1. The number of nitrogens with zero attached hydrogens (tertiary/aromatic N) is 3. The molecule has 0 unspecified atom stereocenters. The van der Waals surface area contributed by atoms with Gasteiger partial charge in [0.1, 0.15) is 10.9 Å². The quantitative estimate of drug-likeness (QED) is 0.111. The molecular formula is C35H34ClN3O3S. The van der Waals surface area contributed by atoms with Gasteiger partial charge in [-0.3, -0.25) is 4.79 Å². The third-order valence-corrected chi connectivity index (χ3v) is 9.11. The zero-order chi connectivity index (χ0) is 29.8. The fourth-order valence-corrected chi connectivity index (χ4v) is 6.60. The molecule has 0 fully saturated rings. The van der Waals surface area contributed by atoms with Gasteiger partial charge in [0, 0.05) is 36.6 Å². The van der Waals surface area contributed by atoms with Gasteiger partial charge in [0.2, 0.25) is 12.7 Å². The van der Waals surface area contributed by atoms with Gasteiger partial charge < -0.3 is 19.3 Å². The lowest BCUT2D eigenvalue weighted by Gasteiger charge is -2.24. The molecular weight excluding hydrogens is 578 g/mol. The maximum atomic E-state index is 12.9. The van der Waals surface area contributed by atoms with Gasteiger partial charge in [0.15, 0.2) is 11.5 Å². The zero-order valence-corrected chi connectivity index (χ0v) is 26.0. The molecule has 1 aliphatic heterocycles. The van der Waals surface area contributed by atoms with E-state index in [9.17, 15) is 4.79 Å². The Morgan fingerprint density at radius 3 is 2.49 bits per heavy atom. The molecule has 0 saturated carbocycles. The highest BCUT2D eigenvalue weighted by Gasteiger charge is 2.21. The number of benzene rings is 4. The maximum Gasteiger partial charge on any atom is 0.242 e. The third kappa shape index (κ3) is 6.63. The number of carbonyl (C=O) groups is 1. The Morgan fingerprint density at radius 2 is 1.67 bits per heavy atom. The SMILES string of the molecule is Cc1ccc2nc(-c3ccc(N(C)CCCCc4ccccc4CN(C(=O)CCl)c4ccc5c(c4)OCO5)cc3)sc2c1. The number of hydrogen-bond donors (Lipinski definition) is 0. The van der Waals surface area contributed by atoms with Gasteiger partial charge in [0.25, 0.3) is 0 Å². The molecule has 0 atom stereocenters. The third-order valence-electron chi connectivity index (χ3n) is 7.82. The number of amides is 1. The molecule has 6 nitrogen and oxygen atoms in total. The molecule has 220 valence electrons. The van der Waals surface area contributed by atoms with Crippen molar-refractivity contribution < 1.29 is 14.3 Å². The van der Waals surface area contributed by atoms with E-state index in [0.29, 0.717) is 18.0 Å². The Balaban J connectivity index is 1.05. The van der Waals surface area contributed by atoms with E-state index in [0.717, 1.165) is 53.1 Å². The van der Waals surface area contributed by atoms with E-state index in [4.69, 9.17) is 26.1 Å². The van der Waals surface area contributed by atoms with Crippen LogP contribution in [0.4, 0.5) is 11.4 Å². The van der Waals surface area contributed by atoms with Gasteiger partial charge in [-0.05, 0) is 91.4 Å². The van der Waals surface area contributed by atoms with Gasteiger partial charge >= 0.3 is 0 Å². The number of unbranched alkanes of at least 4 members (excludes halogenated alkanes) is 1. The predicted molar refractivity (Wildman–Crippen MR) is 177 cm³/mol. The van der Waals surface area contributed by atoms with Crippen LogP contribution in [0.5, 0.6) is 11.5 Å². The average Bonchev–Trinajstić information content (AvgIpc) is 3.68. The molecule has 0 saturated heterocycles. The van der Waals surface area contributed by atoms with Gasteiger partial charge in [-0.2, -0.15) is 0 Å². The van der Waals surface area contributed by atoms with Gasteiger partial charge in [0.05, 0.1) is 16.8 Å². The number of carbonyl (C=O) groups excluding carboxylic acids is 1. The molecule has 0 aliphatic carbocycles.